The Morgan fingerprint density at radius 3 is 1.91 bits per heavy atom. The van der Waals surface area contributed by atoms with Crippen molar-refractivity contribution in [3.63, 3.8) is 0 Å². The van der Waals surface area contributed by atoms with Crippen LogP contribution in [0.25, 0.3) is 0 Å². The molecule has 180 valence electrons. The number of rotatable bonds is 6. The van der Waals surface area contributed by atoms with Gasteiger partial charge in [0.25, 0.3) is 5.13 Å². The second-order valence-electron chi connectivity index (χ2n) is 10.2. The molecular formula is C19H30N10O2S2. The standard InChI is InChI=1S/C19H30N10O2S2/c1-17(2,3)10(11(30)31)20-24-15-28-29-16(33-15)26-22-12(18(4,5)6)21-25-14-27-23-13(32-14)19(7,8)9/h1-9H3,(H,24,28)(H,25,27)(H,30,31)/b20-10-,21-12+,26-22?. The maximum Gasteiger partial charge on any atom is 0.352 e. The highest BCUT2D eigenvalue weighted by Crippen LogP contribution is 2.29. The third kappa shape index (κ3) is 7.89. The summed E-state index contributed by atoms with van der Waals surface area (Å²) in [6, 6.07) is 0. The minimum Gasteiger partial charge on any atom is -0.477 e. The van der Waals surface area contributed by atoms with Crippen LogP contribution in [0.15, 0.2) is 20.4 Å². The second-order valence-corrected chi connectivity index (χ2v) is 12.1. The van der Waals surface area contributed by atoms with Crippen LogP contribution >= 0.6 is 22.7 Å². The highest BCUT2D eigenvalue weighted by atomic mass is 32.1. The van der Waals surface area contributed by atoms with Gasteiger partial charge in [-0.25, -0.2) is 10.2 Å². The summed E-state index contributed by atoms with van der Waals surface area (Å²) in [5.74, 6) is -0.679. The van der Waals surface area contributed by atoms with Crippen LogP contribution in [0.5, 0.6) is 0 Å². The molecule has 33 heavy (non-hydrogen) atoms. The van der Waals surface area contributed by atoms with Crippen molar-refractivity contribution in [1.29, 1.82) is 0 Å². The molecule has 0 saturated carbocycles. The van der Waals surface area contributed by atoms with Gasteiger partial charge in [-0.05, 0) is 0 Å². The molecule has 0 spiro atoms. The van der Waals surface area contributed by atoms with E-state index < -0.39 is 16.8 Å². The molecule has 2 rings (SSSR count). The van der Waals surface area contributed by atoms with Crippen LogP contribution in [-0.2, 0) is 10.2 Å². The Kier molecular flexibility index (Phi) is 7.96. The molecule has 14 heteroatoms. The molecule has 0 aliphatic rings. The Labute approximate surface area is 200 Å². The van der Waals surface area contributed by atoms with E-state index >= 15 is 0 Å². The monoisotopic (exact) mass is 494 g/mol. The number of nitrogens with zero attached hydrogens (tertiary/aromatic N) is 8. The molecule has 0 unspecified atom stereocenters. The minimum absolute atomic E-state index is 0.0274. The summed E-state index contributed by atoms with van der Waals surface area (Å²) in [4.78, 5) is 11.4. The Hall–Kier alpha value is -2.87. The normalized spacial score (nSPS) is 14.1. The molecule has 0 saturated heterocycles. The van der Waals surface area contributed by atoms with Gasteiger partial charge in [0, 0.05) is 16.2 Å². The lowest BCUT2D eigenvalue weighted by molar-refractivity contribution is -0.129. The van der Waals surface area contributed by atoms with E-state index in [1.54, 1.807) is 20.8 Å². The molecule has 2 aromatic rings. The first-order valence-corrected chi connectivity index (χ1v) is 11.7. The van der Waals surface area contributed by atoms with E-state index in [9.17, 15) is 9.90 Å². The maximum absolute atomic E-state index is 11.4. The second kappa shape index (κ2) is 9.95. The lowest BCUT2D eigenvalue weighted by Gasteiger charge is -2.17. The van der Waals surface area contributed by atoms with Gasteiger partial charge >= 0.3 is 5.97 Å². The quantitative estimate of drug-likeness (QED) is 0.215. The predicted molar refractivity (Wildman–Crippen MR) is 132 cm³/mol. The maximum atomic E-state index is 11.4. The van der Waals surface area contributed by atoms with Gasteiger partial charge in [0.2, 0.25) is 10.3 Å². The van der Waals surface area contributed by atoms with Crippen molar-refractivity contribution >= 4 is 55.6 Å². The third-order valence-electron chi connectivity index (χ3n) is 3.82. The number of hydrogen-bond donors (Lipinski definition) is 3. The summed E-state index contributed by atoms with van der Waals surface area (Å²) in [7, 11) is 0. The molecule has 0 atom stereocenters. The highest BCUT2D eigenvalue weighted by molar-refractivity contribution is 7.18. The number of carboxylic acids is 1. The Bertz CT molecular complexity index is 1070. The van der Waals surface area contributed by atoms with E-state index in [4.69, 9.17) is 0 Å². The molecule has 12 nitrogen and oxygen atoms in total. The number of hydrazone groups is 2. The first kappa shape index (κ1) is 26.4. The zero-order valence-electron chi connectivity index (χ0n) is 20.2. The smallest absolute Gasteiger partial charge is 0.352 e. The van der Waals surface area contributed by atoms with Gasteiger partial charge < -0.3 is 5.11 Å². The van der Waals surface area contributed by atoms with Gasteiger partial charge in [0.15, 0.2) is 11.5 Å². The highest BCUT2D eigenvalue weighted by Gasteiger charge is 2.26. The lowest BCUT2D eigenvalue weighted by Crippen LogP contribution is -2.29. The number of aromatic nitrogens is 4. The van der Waals surface area contributed by atoms with Crippen molar-refractivity contribution in [2.45, 2.75) is 67.7 Å². The van der Waals surface area contributed by atoms with Crippen molar-refractivity contribution in [3.05, 3.63) is 5.01 Å². The molecule has 3 N–H and O–H groups in total. The fraction of sp³-hybridized carbons (Fsp3) is 0.632. The van der Waals surface area contributed by atoms with Crippen LogP contribution < -0.4 is 10.9 Å². The number of azo groups is 1. The number of carboxylic acid groups (broad SMARTS) is 1. The largest absolute Gasteiger partial charge is 0.477 e. The van der Waals surface area contributed by atoms with E-state index in [-0.39, 0.29) is 16.3 Å². The number of hydrogen-bond acceptors (Lipinski definition) is 12. The average Bonchev–Trinajstić information content (AvgIpc) is 3.28. The van der Waals surface area contributed by atoms with Crippen LogP contribution in [0.3, 0.4) is 0 Å². The van der Waals surface area contributed by atoms with Crippen molar-refractivity contribution in [3.8, 4) is 0 Å². The number of aliphatic carboxylic acids is 1. The molecule has 0 bridgehead atoms. The summed E-state index contributed by atoms with van der Waals surface area (Å²) in [6.45, 7) is 17.3. The summed E-state index contributed by atoms with van der Waals surface area (Å²) >= 11 is 2.51. The molecule has 2 heterocycles. The van der Waals surface area contributed by atoms with E-state index in [0.29, 0.717) is 16.1 Å². The SMILES string of the molecule is CC(C)(C)/C(N=Nc1nnc(N/N=C(/C(=O)O)C(C)(C)C)s1)=N\Nc1nnc(C(C)(C)C)s1. The zero-order chi connectivity index (χ0) is 25.0. The van der Waals surface area contributed by atoms with Crippen LogP contribution in [0.4, 0.5) is 15.4 Å². The van der Waals surface area contributed by atoms with E-state index in [0.717, 1.165) is 16.3 Å². The minimum atomic E-state index is -1.11. The third-order valence-corrected chi connectivity index (χ3v) is 5.78. The van der Waals surface area contributed by atoms with Crippen molar-refractivity contribution in [2.75, 3.05) is 10.9 Å². The van der Waals surface area contributed by atoms with Gasteiger partial charge in [0.05, 0.1) is 0 Å². The first-order chi connectivity index (χ1) is 15.1. The fourth-order valence-corrected chi connectivity index (χ4v) is 3.30. The Morgan fingerprint density at radius 2 is 1.39 bits per heavy atom. The first-order valence-electron chi connectivity index (χ1n) is 10.1. The van der Waals surface area contributed by atoms with Gasteiger partial charge in [-0.2, -0.15) is 10.2 Å². The van der Waals surface area contributed by atoms with Crippen molar-refractivity contribution in [2.24, 2.45) is 31.3 Å². The molecule has 0 amide bonds. The average molecular weight is 495 g/mol. The van der Waals surface area contributed by atoms with Gasteiger partial charge in [-0.15, -0.1) is 30.6 Å². The van der Waals surface area contributed by atoms with Crippen LogP contribution in [0.2, 0.25) is 0 Å². The van der Waals surface area contributed by atoms with E-state index in [2.05, 4.69) is 72.4 Å². The Morgan fingerprint density at radius 1 is 0.818 bits per heavy atom. The lowest BCUT2D eigenvalue weighted by atomic mass is 9.90. The summed E-state index contributed by atoms with van der Waals surface area (Å²) in [6.07, 6.45) is 0. The van der Waals surface area contributed by atoms with Crippen LogP contribution in [0, 0.1) is 10.8 Å². The van der Waals surface area contributed by atoms with Crippen molar-refractivity contribution in [1.82, 2.24) is 20.4 Å². The molecule has 0 aliphatic carbocycles. The van der Waals surface area contributed by atoms with Crippen LogP contribution in [0.1, 0.15) is 67.3 Å². The Balaban J connectivity index is 2.16. The number of anilines is 2. The predicted octanol–water partition coefficient (Wildman–Crippen LogP) is 5.14. The number of carbonyl (C=O) groups is 1. The summed E-state index contributed by atoms with van der Waals surface area (Å²) in [5, 5.41) is 44.2. The topological polar surface area (TPSA) is 162 Å². The van der Waals surface area contributed by atoms with Gasteiger partial charge in [-0.3, -0.25) is 5.43 Å². The van der Waals surface area contributed by atoms with E-state index in [1.807, 2.05) is 20.8 Å². The molecule has 0 fully saturated rings. The van der Waals surface area contributed by atoms with Gasteiger partial charge in [0.1, 0.15) is 5.01 Å². The summed E-state index contributed by atoms with van der Waals surface area (Å²) in [5.41, 5.74) is 4.35. The van der Waals surface area contributed by atoms with Crippen LogP contribution in [-0.4, -0.2) is 43.0 Å². The molecule has 0 radical (unpaired) electrons. The molecule has 2 aromatic heterocycles. The number of amidine groups is 1. The molecular weight excluding hydrogens is 464 g/mol. The number of nitrogens with one attached hydrogen (secondary N) is 2. The fourth-order valence-electron chi connectivity index (χ4n) is 2.04. The van der Waals surface area contributed by atoms with Crippen molar-refractivity contribution < 1.29 is 9.90 Å². The van der Waals surface area contributed by atoms with E-state index in [1.165, 1.54) is 11.3 Å². The summed E-state index contributed by atoms with van der Waals surface area (Å²) < 4.78 is 0. The van der Waals surface area contributed by atoms with Gasteiger partial charge in [-0.1, -0.05) is 85.0 Å². The zero-order valence-corrected chi connectivity index (χ0v) is 21.9. The molecule has 0 aromatic carbocycles. The molecule has 0 aliphatic heterocycles.